The largest absolute Gasteiger partial charge is 0.477 e. The van der Waals surface area contributed by atoms with E-state index in [1.807, 2.05) is 0 Å². The van der Waals surface area contributed by atoms with Crippen LogP contribution in [0.5, 0.6) is 5.88 Å². The van der Waals surface area contributed by atoms with Crippen molar-refractivity contribution in [1.29, 1.82) is 0 Å². The van der Waals surface area contributed by atoms with Crippen molar-refractivity contribution in [3.63, 3.8) is 0 Å². The van der Waals surface area contributed by atoms with E-state index in [9.17, 15) is 13.6 Å². The smallest absolute Gasteiger partial charge is 0.341 e. The number of hydrogen-bond acceptors (Lipinski definition) is 3. The lowest BCUT2D eigenvalue weighted by Gasteiger charge is -2.07. The molecule has 1 aromatic rings. The Kier molecular flexibility index (Phi) is 3.54. The van der Waals surface area contributed by atoms with E-state index in [2.05, 4.69) is 9.72 Å². The van der Waals surface area contributed by atoms with Crippen LogP contribution in [0.25, 0.3) is 0 Å². The maximum atomic E-state index is 11.9. The number of ether oxygens (including phenoxy) is 1. The van der Waals surface area contributed by atoms with Crippen LogP contribution in [0.3, 0.4) is 0 Å². The molecule has 0 fully saturated rings. The number of aromatic carboxylic acids is 1. The van der Waals surface area contributed by atoms with Crippen molar-refractivity contribution in [3.05, 3.63) is 23.4 Å². The van der Waals surface area contributed by atoms with E-state index in [1.54, 1.807) is 6.92 Å². The van der Waals surface area contributed by atoms with E-state index in [1.165, 1.54) is 12.1 Å². The molecule has 0 saturated carbocycles. The minimum Gasteiger partial charge on any atom is -0.477 e. The van der Waals surface area contributed by atoms with E-state index in [0.29, 0.717) is 5.69 Å². The lowest BCUT2D eigenvalue weighted by molar-refractivity contribution is 0.0656. The predicted molar refractivity (Wildman–Crippen MR) is 47.4 cm³/mol. The Bertz CT molecular complexity index is 368. The number of halogens is 2. The monoisotopic (exact) mass is 217 g/mol. The Hall–Kier alpha value is -1.72. The Morgan fingerprint density at radius 1 is 1.60 bits per heavy atom. The fourth-order valence-corrected chi connectivity index (χ4v) is 0.948. The van der Waals surface area contributed by atoms with Gasteiger partial charge in [0.2, 0.25) is 5.88 Å². The number of hydrogen-bond donors (Lipinski definition) is 1. The van der Waals surface area contributed by atoms with Gasteiger partial charge in [-0.1, -0.05) is 0 Å². The number of carbonyl (C=O) groups is 1. The van der Waals surface area contributed by atoms with Gasteiger partial charge in [0, 0.05) is 5.69 Å². The van der Waals surface area contributed by atoms with Crippen LogP contribution in [0.1, 0.15) is 16.1 Å². The first-order valence-corrected chi connectivity index (χ1v) is 4.12. The number of carboxylic acid groups (broad SMARTS) is 1. The van der Waals surface area contributed by atoms with Crippen molar-refractivity contribution in [1.82, 2.24) is 4.98 Å². The molecule has 6 heteroatoms. The van der Waals surface area contributed by atoms with Crippen LogP contribution in [-0.2, 0) is 0 Å². The molecule has 0 aliphatic heterocycles. The molecule has 0 aromatic carbocycles. The molecule has 82 valence electrons. The van der Waals surface area contributed by atoms with Gasteiger partial charge in [-0.2, -0.15) is 0 Å². The van der Waals surface area contributed by atoms with Gasteiger partial charge in [0.1, 0.15) is 5.56 Å². The molecule has 0 atom stereocenters. The molecular weight excluding hydrogens is 208 g/mol. The molecule has 1 rings (SSSR count). The van der Waals surface area contributed by atoms with Gasteiger partial charge in [-0.25, -0.2) is 18.6 Å². The van der Waals surface area contributed by atoms with Gasteiger partial charge in [-0.15, -0.1) is 0 Å². The number of aromatic nitrogens is 1. The van der Waals surface area contributed by atoms with Crippen molar-refractivity contribution in [3.8, 4) is 5.88 Å². The number of carboxylic acids is 1. The third-order valence-electron chi connectivity index (χ3n) is 1.58. The minimum absolute atomic E-state index is 0.221. The molecule has 0 amide bonds. The molecular formula is C9H9F2NO3. The zero-order valence-corrected chi connectivity index (χ0v) is 7.91. The van der Waals surface area contributed by atoms with Crippen LogP contribution in [0.15, 0.2) is 12.1 Å². The van der Waals surface area contributed by atoms with Crippen molar-refractivity contribution in [2.45, 2.75) is 13.3 Å². The zero-order valence-electron chi connectivity index (χ0n) is 7.91. The molecule has 4 nitrogen and oxygen atoms in total. The average molecular weight is 217 g/mol. The summed E-state index contributed by atoms with van der Waals surface area (Å²) in [4.78, 5) is 14.4. The van der Waals surface area contributed by atoms with Crippen LogP contribution in [0, 0.1) is 6.92 Å². The lowest BCUT2D eigenvalue weighted by Crippen LogP contribution is -2.11. The highest BCUT2D eigenvalue weighted by Crippen LogP contribution is 2.16. The Morgan fingerprint density at radius 2 is 2.27 bits per heavy atom. The Morgan fingerprint density at radius 3 is 2.80 bits per heavy atom. The summed E-state index contributed by atoms with van der Waals surface area (Å²) in [5.74, 6) is -1.53. The summed E-state index contributed by atoms with van der Waals surface area (Å²) in [5.41, 5.74) is 0.283. The summed E-state index contributed by atoms with van der Waals surface area (Å²) < 4.78 is 28.3. The standard InChI is InChI=1S/C9H9F2NO3/c1-5-2-3-6(9(13)14)8(12-5)15-4-7(10)11/h2-3,7H,4H2,1H3,(H,13,14). The van der Waals surface area contributed by atoms with Crippen molar-refractivity contribution >= 4 is 5.97 Å². The molecule has 0 aliphatic rings. The summed E-state index contributed by atoms with van der Waals surface area (Å²) >= 11 is 0. The summed E-state index contributed by atoms with van der Waals surface area (Å²) in [6.45, 7) is 0.748. The molecule has 15 heavy (non-hydrogen) atoms. The molecule has 1 aromatic heterocycles. The molecule has 0 aliphatic carbocycles. The summed E-state index contributed by atoms with van der Waals surface area (Å²) in [6, 6.07) is 2.74. The van der Waals surface area contributed by atoms with Crippen LogP contribution in [-0.4, -0.2) is 29.1 Å². The first-order chi connectivity index (χ1) is 7.00. The number of pyridine rings is 1. The third kappa shape index (κ3) is 3.16. The van der Waals surface area contributed by atoms with E-state index >= 15 is 0 Å². The third-order valence-corrected chi connectivity index (χ3v) is 1.58. The molecule has 0 saturated heterocycles. The fraction of sp³-hybridized carbons (Fsp3) is 0.333. The highest BCUT2D eigenvalue weighted by atomic mass is 19.3. The van der Waals surface area contributed by atoms with Gasteiger partial charge >= 0.3 is 5.97 Å². The normalized spacial score (nSPS) is 10.4. The predicted octanol–water partition coefficient (Wildman–Crippen LogP) is 1.73. The summed E-state index contributed by atoms with van der Waals surface area (Å²) in [6.07, 6.45) is -2.66. The first-order valence-electron chi connectivity index (χ1n) is 4.12. The summed E-state index contributed by atoms with van der Waals surface area (Å²) in [5, 5.41) is 8.71. The number of nitrogens with zero attached hydrogens (tertiary/aromatic N) is 1. The molecule has 0 bridgehead atoms. The zero-order chi connectivity index (χ0) is 11.4. The number of rotatable bonds is 4. The molecule has 1 heterocycles. The maximum Gasteiger partial charge on any atom is 0.341 e. The van der Waals surface area contributed by atoms with Crippen molar-refractivity contribution < 1.29 is 23.4 Å². The second-order valence-electron chi connectivity index (χ2n) is 2.81. The van der Waals surface area contributed by atoms with Crippen LogP contribution in [0.4, 0.5) is 8.78 Å². The van der Waals surface area contributed by atoms with Gasteiger partial charge < -0.3 is 9.84 Å². The number of aryl methyl sites for hydroxylation is 1. The Labute approximate surface area is 84.5 Å². The van der Waals surface area contributed by atoms with E-state index < -0.39 is 19.0 Å². The summed E-state index contributed by atoms with van der Waals surface area (Å²) in [7, 11) is 0. The second kappa shape index (κ2) is 4.68. The minimum atomic E-state index is -2.66. The van der Waals surface area contributed by atoms with E-state index in [-0.39, 0.29) is 11.4 Å². The van der Waals surface area contributed by atoms with Gasteiger partial charge in [0.15, 0.2) is 6.61 Å². The van der Waals surface area contributed by atoms with Crippen molar-refractivity contribution in [2.75, 3.05) is 6.61 Å². The van der Waals surface area contributed by atoms with Crippen molar-refractivity contribution in [2.24, 2.45) is 0 Å². The first kappa shape index (κ1) is 11.4. The van der Waals surface area contributed by atoms with Gasteiger partial charge in [-0.3, -0.25) is 0 Å². The van der Waals surface area contributed by atoms with Gasteiger partial charge in [-0.05, 0) is 19.1 Å². The highest BCUT2D eigenvalue weighted by molar-refractivity contribution is 5.90. The van der Waals surface area contributed by atoms with Gasteiger partial charge in [0.05, 0.1) is 0 Å². The topological polar surface area (TPSA) is 59.4 Å². The molecule has 1 N–H and O–H groups in total. The number of alkyl halides is 2. The lowest BCUT2D eigenvalue weighted by atomic mass is 10.2. The molecule has 0 unspecified atom stereocenters. The van der Waals surface area contributed by atoms with Crippen LogP contribution >= 0.6 is 0 Å². The SMILES string of the molecule is Cc1ccc(C(=O)O)c(OCC(F)F)n1. The van der Waals surface area contributed by atoms with Gasteiger partial charge in [0.25, 0.3) is 6.43 Å². The quantitative estimate of drug-likeness (QED) is 0.834. The molecule has 0 spiro atoms. The maximum absolute atomic E-state index is 11.9. The van der Waals surface area contributed by atoms with Crippen LogP contribution < -0.4 is 4.74 Å². The molecule has 0 radical (unpaired) electrons. The Balaban J connectivity index is 2.92. The van der Waals surface area contributed by atoms with Crippen LogP contribution in [0.2, 0.25) is 0 Å². The average Bonchev–Trinajstić information content (AvgIpc) is 2.14. The highest BCUT2D eigenvalue weighted by Gasteiger charge is 2.14. The fourth-order valence-electron chi connectivity index (χ4n) is 0.948. The second-order valence-corrected chi connectivity index (χ2v) is 2.81. The van der Waals surface area contributed by atoms with E-state index in [4.69, 9.17) is 5.11 Å². The van der Waals surface area contributed by atoms with E-state index in [0.717, 1.165) is 0 Å².